The molecule has 0 radical (unpaired) electrons. The van der Waals surface area contributed by atoms with Crippen molar-refractivity contribution >= 4 is 23.2 Å². The fraction of sp³-hybridized carbons (Fsp3) is 0.429. The van der Waals surface area contributed by atoms with Gasteiger partial charge in [-0.05, 0) is 31.0 Å². The van der Waals surface area contributed by atoms with E-state index in [0.717, 1.165) is 25.7 Å². The SMILES string of the molecule is OC1CCCCC1c1nc(-c2cc(Cl)cc(Cl)c2)no1. The van der Waals surface area contributed by atoms with Crippen molar-refractivity contribution < 1.29 is 9.63 Å². The van der Waals surface area contributed by atoms with Gasteiger partial charge >= 0.3 is 0 Å². The van der Waals surface area contributed by atoms with Gasteiger partial charge in [-0.1, -0.05) is 41.2 Å². The predicted molar refractivity (Wildman–Crippen MR) is 77.0 cm³/mol. The first-order valence-electron chi connectivity index (χ1n) is 6.61. The summed E-state index contributed by atoms with van der Waals surface area (Å²) in [6, 6.07) is 5.12. The van der Waals surface area contributed by atoms with Gasteiger partial charge in [0, 0.05) is 15.6 Å². The molecular weight excluding hydrogens is 299 g/mol. The summed E-state index contributed by atoms with van der Waals surface area (Å²) in [7, 11) is 0. The Labute approximate surface area is 126 Å². The van der Waals surface area contributed by atoms with Crippen LogP contribution in [0.15, 0.2) is 22.7 Å². The standard InChI is InChI=1S/C14H14Cl2N2O2/c15-9-5-8(6-10(16)7-9)13-17-14(20-18-13)11-3-1-2-4-12(11)19/h5-7,11-12,19H,1-4H2. The number of aliphatic hydroxyl groups excluding tert-OH is 1. The molecule has 1 fully saturated rings. The first-order chi connectivity index (χ1) is 9.63. The lowest BCUT2D eigenvalue weighted by molar-refractivity contribution is 0.0908. The summed E-state index contributed by atoms with van der Waals surface area (Å²) in [6.45, 7) is 0. The number of hydrogen-bond acceptors (Lipinski definition) is 4. The molecule has 2 unspecified atom stereocenters. The minimum Gasteiger partial charge on any atom is -0.392 e. The Kier molecular flexibility index (Phi) is 3.96. The molecule has 1 heterocycles. The Morgan fingerprint density at radius 2 is 1.80 bits per heavy atom. The van der Waals surface area contributed by atoms with Crippen molar-refractivity contribution in [1.82, 2.24) is 10.1 Å². The van der Waals surface area contributed by atoms with Gasteiger partial charge in [0.15, 0.2) is 0 Å². The maximum atomic E-state index is 10.0. The van der Waals surface area contributed by atoms with E-state index in [1.165, 1.54) is 0 Å². The van der Waals surface area contributed by atoms with Crippen LogP contribution in [0.1, 0.15) is 37.5 Å². The van der Waals surface area contributed by atoms with Crippen LogP contribution in [-0.4, -0.2) is 21.4 Å². The molecule has 0 spiro atoms. The topological polar surface area (TPSA) is 59.2 Å². The van der Waals surface area contributed by atoms with Crippen molar-refractivity contribution in [2.45, 2.75) is 37.7 Å². The Hall–Kier alpha value is -1.10. The maximum Gasteiger partial charge on any atom is 0.232 e. The van der Waals surface area contributed by atoms with Gasteiger partial charge in [-0.25, -0.2) is 0 Å². The molecule has 106 valence electrons. The molecule has 4 nitrogen and oxygen atoms in total. The van der Waals surface area contributed by atoms with Crippen molar-refractivity contribution in [2.24, 2.45) is 0 Å². The molecule has 1 N–H and O–H groups in total. The fourth-order valence-electron chi connectivity index (χ4n) is 2.59. The molecule has 20 heavy (non-hydrogen) atoms. The Morgan fingerprint density at radius 1 is 1.10 bits per heavy atom. The van der Waals surface area contributed by atoms with Crippen LogP contribution in [0.4, 0.5) is 0 Å². The van der Waals surface area contributed by atoms with Crippen LogP contribution in [0.2, 0.25) is 10.0 Å². The first-order valence-corrected chi connectivity index (χ1v) is 7.37. The average molecular weight is 313 g/mol. The predicted octanol–water partition coefficient (Wildman–Crippen LogP) is 4.06. The van der Waals surface area contributed by atoms with Crippen molar-refractivity contribution in [3.8, 4) is 11.4 Å². The molecule has 6 heteroatoms. The lowest BCUT2D eigenvalue weighted by Gasteiger charge is -2.24. The van der Waals surface area contributed by atoms with Gasteiger partial charge in [0.25, 0.3) is 0 Å². The summed E-state index contributed by atoms with van der Waals surface area (Å²) in [5, 5.41) is 15.0. The lowest BCUT2D eigenvalue weighted by Crippen LogP contribution is -2.22. The minimum absolute atomic E-state index is 0.0698. The zero-order valence-electron chi connectivity index (χ0n) is 10.7. The third-order valence-corrected chi connectivity index (χ3v) is 4.05. The zero-order valence-corrected chi connectivity index (χ0v) is 12.2. The summed E-state index contributed by atoms with van der Waals surface area (Å²) in [4.78, 5) is 4.38. The van der Waals surface area contributed by atoms with E-state index in [9.17, 15) is 5.11 Å². The summed E-state index contributed by atoms with van der Waals surface area (Å²) < 4.78 is 5.30. The largest absolute Gasteiger partial charge is 0.392 e. The van der Waals surface area contributed by atoms with Gasteiger partial charge in [-0.3, -0.25) is 0 Å². The molecular formula is C14H14Cl2N2O2. The Bertz CT molecular complexity index is 595. The zero-order chi connectivity index (χ0) is 14.1. The second-order valence-corrected chi connectivity index (χ2v) is 5.95. The minimum atomic E-state index is -0.403. The van der Waals surface area contributed by atoms with E-state index in [4.69, 9.17) is 27.7 Å². The van der Waals surface area contributed by atoms with Crippen molar-refractivity contribution in [3.05, 3.63) is 34.1 Å². The van der Waals surface area contributed by atoms with Crippen LogP contribution in [0.25, 0.3) is 11.4 Å². The normalized spacial score (nSPS) is 22.9. The van der Waals surface area contributed by atoms with E-state index in [2.05, 4.69) is 10.1 Å². The summed E-state index contributed by atoms with van der Waals surface area (Å²) >= 11 is 11.9. The molecule has 0 aliphatic heterocycles. The molecule has 0 amide bonds. The number of benzene rings is 1. The number of nitrogens with zero attached hydrogens (tertiary/aromatic N) is 2. The molecule has 3 rings (SSSR count). The second-order valence-electron chi connectivity index (χ2n) is 5.07. The quantitative estimate of drug-likeness (QED) is 0.908. The van der Waals surface area contributed by atoms with Crippen molar-refractivity contribution in [2.75, 3.05) is 0 Å². The molecule has 1 aliphatic rings. The summed E-state index contributed by atoms with van der Waals surface area (Å²) in [6.07, 6.45) is 3.37. The van der Waals surface area contributed by atoms with Crippen LogP contribution in [-0.2, 0) is 0 Å². The summed E-state index contributed by atoms with van der Waals surface area (Å²) in [5.74, 6) is 0.866. The third kappa shape index (κ3) is 2.82. The van der Waals surface area contributed by atoms with Gasteiger partial charge in [-0.15, -0.1) is 0 Å². The molecule has 1 saturated carbocycles. The monoisotopic (exact) mass is 312 g/mol. The van der Waals surface area contributed by atoms with Gasteiger partial charge in [0.1, 0.15) is 0 Å². The van der Waals surface area contributed by atoms with E-state index >= 15 is 0 Å². The van der Waals surface area contributed by atoms with Crippen LogP contribution >= 0.6 is 23.2 Å². The molecule has 2 atom stereocenters. The molecule has 0 bridgehead atoms. The summed E-state index contributed by atoms with van der Waals surface area (Å²) in [5.41, 5.74) is 0.711. The molecule has 1 aromatic heterocycles. The van der Waals surface area contributed by atoms with Crippen molar-refractivity contribution in [1.29, 1.82) is 0 Å². The maximum absolute atomic E-state index is 10.0. The number of aromatic nitrogens is 2. The number of halogens is 2. The Balaban J connectivity index is 1.89. The number of hydrogen-bond donors (Lipinski definition) is 1. The van der Waals surface area contributed by atoms with Gasteiger partial charge in [0.05, 0.1) is 12.0 Å². The molecule has 1 aromatic carbocycles. The van der Waals surface area contributed by atoms with E-state index in [-0.39, 0.29) is 5.92 Å². The fourth-order valence-corrected chi connectivity index (χ4v) is 3.11. The number of aliphatic hydroxyl groups is 1. The number of rotatable bonds is 2. The highest BCUT2D eigenvalue weighted by atomic mass is 35.5. The molecule has 2 aromatic rings. The molecule has 0 saturated heterocycles. The van der Waals surface area contributed by atoms with Gasteiger partial charge in [0.2, 0.25) is 11.7 Å². The van der Waals surface area contributed by atoms with E-state index in [1.807, 2.05) is 0 Å². The first kappa shape index (κ1) is 13.9. The smallest absolute Gasteiger partial charge is 0.232 e. The van der Waals surface area contributed by atoms with E-state index < -0.39 is 6.10 Å². The van der Waals surface area contributed by atoms with Crippen LogP contribution < -0.4 is 0 Å². The third-order valence-electron chi connectivity index (χ3n) is 3.61. The average Bonchev–Trinajstić information content (AvgIpc) is 2.87. The van der Waals surface area contributed by atoms with E-state index in [1.54, 1.807) is 18.2 Å². The van der Waals surface area contributed by atoms with Crippen LogP contribution in [0, 0.1) is 0 Å². The van der Waals surface area contributed by atoms with E-state index in [0.29, 0.717) is 27.3 Å². The Morgan fingerprint density at radius 3 is 2.50 bits per heavy atom. The van der Waals surface area contributed by atoms with Gasteiger partial charge in [-0.2, -0.15) is 4.98 Å². The highest BCUT2D eigenvalue weighted by Crippen LogP contribution is 2.33. The van der Waals surface area contributed by atoms with Crippen molar-refractivity contribution in [3.63, 3.8) is 0 Å². The molecule has 1 aliphatic carbocycles. The van der Waals surface area contributed by atoms with Crippen LogP contribution in [0.3, 0.4) is 0 Å². The van der Waals surface area contributed by atoms with Gasteiger partial charge < -0.3 is 9.63 Å². The lowest BCUT2D eigenvalue weighted by atomic mass is 9.86. The highest BCUT2D eigenvalue weighted by molar-refractivity contribution is 6.35. The second kappa shape index (κ2) is 5.72. The highest BCUT2D eigenvalue weighted by Gasteiger charge is 2.29. The van der Waals surface area contributed by atoms with Crippen LogP contribution in [0.5, 0.6) is 0 Å².